The summed E-state index contributed by atoms with van der Waals surface area (Å²) in [4.78, 5) is 44.0. The Morgan fingerprint density at radius 3 is 2.97 bits per heavy atom. The molecule has 33 heavy (non-hydrogen) atoms. The molecule has 1 saturated heterocycles. The van der Waals surface area contributed by atoms with E-state index in [2.05, 4.69) is 21.7 Å². The fourth-order valence-corrected chi connectivity index (χ4v) is 5.58. The highest BCUT2D eigenvalue weighted by molar-refractivity contribution is 7.14. The molecule has 1 spiro atoms. The summed E-state index contributed by atoms with van der Waals surface area (Å²) in [6.45, 7) is 0.326. The molecule has 3 heterocycles. The number of nitrogens with one attached hydrogen (secondary N) is 2. The summed E-state index contributed by atoms with van der Waals surface area (Å²) in [7, 11) is 0. The van der Waals surface area contributed by atoms with Gasteiger partial charge in [0.15, 0.2) is 5.13 Å². The Hall–Kier alpha value is -3.72. The lowest BCUT2D eigenvalue weighted by molar-refractivity contribution is -0.134. The van der Waals surface area contributed by atoms with Gasteiger partial charge in [-0.15, -0.1) is 11.3 Å². The average molecular weight is 461 g/mol. The van der Waals surface area contributed by atoms with E-state index in [1.165, 1.54) is 11.3 Å². The first-order valence-corrected chi connectivity index (χ1v) is 11.7. The number of hydrogen-bond acceptors (Lipinski definition) is 6. The number of rotatable bonds is 4. The fraction of sp³-hybridized carbons (Fsp3) is 0.250. The highest BCUT2D eigenvalue weighted by Crippen LogP contribution is 2.41. The summed E-state index contributed by atoms with van der Waals surface area (Å²) in [6, 6.07) is 13.0. The number of imide groups is 1. The number of urea groups is 1. The number of ether oxygens (including phenoxy) is 1. The number of nitrogens with zero attached hydrogens (tertiary/aromatic N) is 2. The molecule has 166 valence electrons. The molecule has 1 atom stereocenters. The summed E-state index contributed by atoms with van der Waals surface area (Å²) in [5, 5.41) is 7.84. The number of aromatic nitrogens is 1. The van der Waals surface area contributed by atoms with Crippen LogP contribution in [0.5, 0.6) is 5.75 Å². The van der Waals surface area contributed by atoms with E-state index in [4.69, 9.17) is 4.74 Å². The maximum Gasteiger partial charge on any atom is 0.325 e. The first-order valence-electron chi connectivity index (χ1n) is 10.8. The predicted octanol–water partition coefficient (Wildman–Crippen LogP) is 3.08. The van der Waals surface area contributed by atoms with Crippen LogP contribution < -0.4 is 15.4 Å². The van der Waals surface area contributed by atoms with Crippen molar-refractivity contribution in [3.63, 3.8) is 0 Å². The number of carbonyl (C=O) groups is 3. The summed E-state index contributed by atoms with van der Waals surface area (Å²) in [5.41, 5.74) is 3.64. The van der Waals surface area contributed by atoms with Crippen LogP contribution in [0.3, 0.4) is 0 Å². The summed E-state index contributed by atoms with van der Waals surface area (Å²) in [5.74, 6) is 0.0524. The Labute approximate surface area is 193 Å². The molecule has 0 radical (unpaired) electrons. The first kappa shape index (κ1) is 19.9. The molecule has 3 aromatic rings. The van der Waals surface area contributed by atoms with Gasteiger partial charge < -0.3 is 15.4 Å². The van der Waals surface area contributed by atoms with Gasteiger partial charge in [-0.25, -0.2) is 9.78 Å². The van der Waals surface area contributed by atoms with Crippen LogP contribution >= 0.6 is 11.3 Å². The molecular formula is C24H20N4O4S. The molecule has 1 aromatic heterocycles. The second kappa shape index (κ2) is 7.41. The van der Waals surface area contributed by atoms with Crippen molar-refractivity contribution in [3.8, 4) is 17.0 Å². The van der Waals surface area contributed by atoms with Crippen molar-refractivity contribution in [2.45, 2.75) is 24.8 Å². The monoisotopic (exact) mass is 460 g/mol. The summed E-state index contributed by atoms with van der Waals surface area (Å²) in [6.07, 6.45) is 2.07. The number of aryl methyl sites for hydroxylation is 1. The van der Waals surface area contributed by atoms with Gasteiger partial charge in [-0.2, -0.15) is 0 Å². The van der Waals surface area contributed by atoms with Crippen molar-refractivity contribution in [1.82, 2.24) is 15.2 Å². The maximum absolute atomic E-state index is 13.2. The SMILES string of the molecule is O=C(CN1C(=O)NC2(CCc3ccccc32)C1=O)Nc1nc(-c2ccc3c(c2)CCO3)cs1. The van der Waals surface area contributed by atoms with Crippen LogP contribution in [0.25, 0.3) is 11.3 Å². The van der Waals surface area contributed by atoms with Crippen LogP contribution in [0.4, 0.5) is 9.93 Å². The minimum Gasteiger partial charge on any atom is -0.493 e. The zero-order valence-electron chi connectivity index (χ0n) is 17.6. The molecule has 0 bridgehead atoms. The summed E-state index contributed by atoms with van der Waals surface area (Å²) < 4.78 is 5.54. The minimum atomic E-state index is -1.07. The lowest BCUT2D eigenvalue weighted by Crippen LogP contribution is -2.42. The summed E-state index contributed by atoms with van der Waals surface area (Å²) >= 11 is 1.30. The van der Waals surface area contributed by atoms with E-state index in [-0.39, 0.29) is 12.5 Å². The van der Waals surface area contributed by atoms with E-state index in [1.54, 1.807) is 0 Å². The minimum absolute atomic E-state index is 0.361. The van der Waals surface area contributed by atoms with Crippen molar-refractivity contribution < 1.29 is 19.1 Å². The van der Waals surface area contributed by atoms with Gasteiger partial charge >= 0.3 is 6.03 Å². The number of fused-ring (bicyclic) bond motifs is 3. The Balaban J connectivity index is 1.15. The molecule has 2 aliphatic heterocycles. The van der Waals surface area contributed by atoms with Gasteiger partial charge in [0.05, 0.1) is 12.3 Å². The molecule has 2 N–H and O–H groups in total. The smallest absolute Gasteiger partial charge is 0.325 e. The first-order chi connectivity index (χ1) is 16.0. The van der Waals surface area contributed by atoms with Gasteiger partial charge in [-0.3, -0.25) is 14.5 Å². The number of amides is 4. The van der Waals surface area contributed by atoms with E-state index in [0.717, 1.165) is 45.0 Å². The lowest BCUT2D eigenvalue weighted by atomic mass is 9.92. The van der Waals surface area contributed by atoms with Gasteiger partial charge in [-0.1, -0.05) is 24.3 Å². The van der Waals surface area contributed by atoms with E-state index in [0.29, 0.717) is 24.6 Å². The van der Waals surface area contributed by atoms with Crippen LogP contribution in [0.1, 0.15) is 23.1 Å². The Bertz CT molecular complexity index is 1320. The van der Waals surface area contributed by atoms with Gasteiger partial charge in [0.25, 0.3) is 5.91 Å². The number of thiazole rings is 1. The third-order valence-electron chi connectivity index (χ3n) is 6.46. The van der Waals surface area contributed by atoms with Crippen molar-refractivity contribution in [1.29, 1.82) is 0 Å². The Kier molecular flexibility index (Phi) is 4.48. The fourth-order valence-electron chi connectivity index (χ4n) is 4.85. The second-order valence-corrected chi connectivity index (χ2v) is 9.25. The highest BCUT2D eigenvalue weighted by atomic mass is 32.1. The van der Waals surface area contributed by atoms with Crippen molar-refractivity contribution in [2.24, 2.45) is 0 Å². The van der Waals surface area contributed by atoms with Crippen LogP contribution in [-0.2, 0) is 28.0 Å². The molecule has 1 aliphatic carbocycles. The molecular weight excluding hydrogens is 440 g/mol. The Morgan fingerprint density at radius 2 is 2.06 bits per heavy atom. The zero-order valence-corrected chi connectivity index (χ0v) is 18.4. The molecule has 4 amide bonds. The quantitative estimate of drug-likeness (QED) is 0.583. The molecule has 3 aliphatic rings. The molecule has 1 fully saturated rings. The third-order valence-corrected chi connectivity index (χ3v) is 7.22. The van der Waals surface area contributed by atoms with Crippen LogP contribution in [0.15, 0.2) is 47.8 Å². The molecule has 9 heteroatoms. The van der Waals surface area contributed by atoms with E-state index in [9.17, 15) is 14.4 Å². The van der Waals surface area contributed by atoms with Crippen molar-refractivity contribution >= 4 is 34.3 Å². The number of benzene rings is 2. The van der Waals surface area contributed by atoms with Gasteiger partial charge in [0.2, 0.25) is 5.91 Å². The molecule has 6 rings (SSSR count). The van der Waals surface area contributed by atoms with Crippen molar-refractivity contribution in [2.75, 3.05) is 18.5 Å². The van der Waals surface area contributed by atoms with Gasteiger partial charge in [-0.05, 0) is 47.7 Å². The van der Waals surface area contributed by atoms with Crippen LogP contribution in [0, 0.1) is 0 Å². The number of carbonyl (C=O) groups excluding carboxylic acids is 3. The normalized spacial score (nSPS) is 20.5. The van der Waals surface area contributed by atoms with Crippen LogP contribution in [0.2, 0.25) is 0 Å². The largest absolute Gasteiger partial charge is 0.493 e. The van der Waals surface area contributed by atoms with E-state index in [1.807, 2.05) is 41.8 Å². The van der Waals surface area contributed by atoms with Gasteiger partial charge in [0, 0.05) is 17.4 Å². The topological polar surface area (TPSA) is 101 Å². The highest BCUT2D eigenvalue weighted by Gasteiger charge is 2.55. The van der Waals surface area contributed by atoms with E-state index < -0.39 is 17.5 Å². The molecule has 2 aromatic carbocycles. The molecule has 0 saturated carbocycles. The Morgan fingerprint density at radius 1 is 1.18 bits per heavy atom. The predicted molar refractivity (Wildman–Crippen MR) is 122 cm³/mol. The zero-order chi connectivity index (χ0) is 22.6. The third kappa shape index (κ3) is 3.19. The molecule has 8 nitrogen and oxygen atoms in total. The lowest BCUT2D eigenvalue weighted by Gasteiger charge is -2.22. The number of hydrogen-bond donors (Lipinski definition) is 2. The standard InChI is InChI=1S/C24H20N4O4S/c29-20(26-22-25-18(13-33-22)15-5-6-19-16(11-15)8-10-32-19)12-28-21(30)24(27-23(28)31)9-7-14-3-1-2-4-17(14)24/h1-6,11,13H,7-10,12H2,(H,27,31)(H,25,26,29). The average Bonchev–Trinajstić information content (AvgIpc) is 3.59. The second-order valence-electron chi connectivity index (χ2n) is 8.39. The van der Waals surface area contributed by atoms with E-state index >= 15 is 0 Å². The van der Waals surface area contributed by atoms with Crippen LogP contribution in [-0.4, -0.2) is 40.9 Å². The maximum atomic E-state index is 13.2. The molecule has 1 unspecified atom stereocenters. The van der Waals surface area contributed by atoms with Crippen molar-refractivity contribution in [3.05, 3.63) is 64.5 Å². The van der Waals surface area contributed by atoms with Gasteiger partial charge in [0.1, 0.15) is 17.8 Å². The number of anilines is 1.